The molecule has 1 heterocycles. The average Bonchev–Trinajstić information content (AvgIpc) is 3.30. The summed E-state index contributed by atoms with van der Waals surface area (Å²) in [7, 11) is 0. The van der Waals surface area contributed by atoms with Gasteiger partial charge in [0.25, 0.3) is 0 Å². The van der Waals surface area contributed by atoms with Crippen molar-refractivity contribution in [1.29, 1.82) is 0 Å². The first-order valence-electron chi connectivity index (χ1n) is 8.24. The molecule has 1 saturated heterocycles. The van der Waals surface area contributed by atoms with E-state index in [1.54, 1.807) is 30.0 Å². The summed E-state index contributed by atoms with van der Waals surface area (Å²) in [6, 6.07) is 5.85. The summed E-state index contributed by atoms with van der Waals surface area (Å²) in [6.07, 6.45) is 1.95. The van der Waals surface area contributed by atoms with Crippen LogP contribution >= 0.6 is 0 Å². The molecule has 7 heteroatoms. The lowest BCUT2D eigenvalue weighted by Gasteiger charge is -2.20. The molecule has 1 N–H and O–H groups in total. The van der Waals surface area contributed by atoms with E-state index in [1.165, 1.54) is 23.8 Å². The maximum absolute atomic E-state index is 13.5. The van der Waals surface area contributed by atoms with Crippen LogP contribution in [0.1, 0.15) is 19.8 Å². The highest BCUT2D eigenvalue weighted by molar-refractivity contribution is 5.87. The molecule has 2 fully saturated rings. The second-order valence-corrected chi connectivity index (χ2v) is 6.44. The number of nitrogens with one attached hydrogen (secondary N) is 1. The number of rotatable bonds is 6. The lowest BCUT2D eigenvalue weighted by molar-refractivity contribution is -0.126. The molecule has 130 valence electrons. The first-order valence-corrected chi connectivity index (χ1v) is 8.24. The van der Waals surface area contributed by atoms with Gasteiger partial charge in [-0.05, 0) is 37.8 Å². The lowest BCUT2D eigenvalue weighted by Crippen LogP contribution is -2.43. The number of urea groups is 1. The number of carbonyl (C=O) groups is 2. The number of carbonyl (C=O) groups excluding carboxylic acids is 2. The van der Waals surface area contributed by atoms with Crippen LogP contribution in [0.4, 0.5) is 9.18 Å². The maximum atomic E-state index is 13.5. The molecule has 0 unspecified atom stereocenters. The molecule has 6 nitrogen and oxygen atoms in total. The number of benzene rings is 1. The van der Waals surface area contributed by atoms with E-state index in [0.717, 1.165) is 6.54 Å². The van der Waals surface area contributed by atoms with Crippen LogP contribution in [0.15, 0.2) is 24.3 Å². The smallest absolute Gasteiger partial charge is 0.319 e. The first kappa shape index (κ1) is 16.5. The number of hydrogen-bond acceptors (Lipinski definition) is 3. The molecule has 1 aromatic rings. The van der Waals surface area contributed by atoms with Gasteiger partial charge in [-0.2, -0.15) is 0 Å². The molecule has 0 spiro atoms. The Bertz CT molecular complexity index is 621. The third-order valence-corrected chi connectivity index (χ3v) is 4.19. The summed E-state index contributed by atoms with van der Waals surface area (Å²) >= 11 is 0. The number of ether oxygens (including phenoxy) is 1. The van der Waals surface area contributed by atoms with Crippen molar-refractivity contribution in [2.45, 2.75) is 25.9 Å². The molecule has 1 aliphatic heterocycles. The molecule has 24 heavy (non-hydrogen) atoms. The topological polar surface area (TPSA) is 61.9 Å². The lowest BCUT2D eigenvalue weighted by atomic mass is 10.3. The third kappa shape index (κ3) is 4.15. The van der Waals surface area contributed by atoms with Crippen LogP contribution in [0, 0.1) is 11.7 Å². The van der Waals surface area contributed by atoms with Crippen molar-refractivity contribution in [3.63, 3.8) is 0 Å². The van der Waals surface area contributed by atoms with Crippen LogP contribution < -0.4 is 10.1 Å². The summed E-state index contributed by atoms with van der Waals surface area (Å²) in [6.45, 7) is 3.18. The summed E-state index contributed by atoms with van der Waals surface area (Å²) in [5.74, 6) is 0.321. The van der Waals surface area contributed by atoms with Gasteiger partial charge in [0.1, 0.15) is 12.6 Å². The molecule has 0 aromatic heterocycles. The van der Waals surface area contributed by atoms with Gasteiger partial charge in [-0.1, -0.05) is 12.1 Å². The zero-order chi connectivity index (χ0) is 17.1. The number of amides is 3. The normalized spacial score (nSPS) is 18.7. The van der Waals surface area contributed by atoms with Crippen LogP contribution in [0.3, 0.4) is 0 Å². The van der Waals surface area contributed by atoms with Gasteiger partial charge in [0.05, 0.1) is 13.2 Å². The highest BCUT2D eigenvalue weighted by Crippen LogP contribution is 2.30. The van der Waals surface area contributed by atoms with Crippen molar-refractivity contribution in [3.8, 4) is 5.75 Å². The van der Waals surface area contributed by atoms with E-state index in [0.29, 0.717) is 12.6 Å². The molecule has 1 atom stereocenters. The van der Waals surface area contributed by atoms with Gasteiger partial charge in [0, 0.05) is 6.54 Å². The van der Waals surface area contributed by atoms with Gasteiger partial charge in [-0.3, -0.25) is 9.69 Å². The van der Waals surface area contributed by atoms with E-state index in [1.807, 2.05) is 0 Å². The zero-order valence-electron chi connectivity index (χ0n) is 13.7. The number of hydrogen-bond donors (Lipinski definition) is 1. The van der Waals surface area contributed by atoms with Crippen LogP contribution in [0.2, 0.25) is 0 Å². The third-order valence-electron chi connectivity index (χ3n) is 4.19. The summed E-state index contributed by atoms with van der Waals surface area (Å²) in [4.78, 5) is 27.3. The Morgan fingerprint density at radius 3 is 2.88 bits per heavy atom. The Morgan fingerprint density at radius 1 is 1.42 bits per heavy atom. The van der Waals surface area contributed by atoms with Crippen LogP contribution in [0.25, 0.3) is 0 Å². The average molecular weight is 335 g/mol. The second-order valence-electron chi connectivity index (χ2n) is 6.44. The van der Waals surface area contributed by atoms with Crippen molar-refractivity contribution >= 4 is 11.9 Å². The highest BCUT2D eigenvalue weighted by Gasteiger charge is 2.34. The monoisotopic (exact) mass is 335 g/mol. The quantitative estimate of drug-likeness (QED) is 0.862. The summed E-state index contributed by atoms with van der Waals surface area (Å²) < 4.78 is 19.0. The van der Waals surface area contributed by atoms with Crippen molar-refractivity contribution in [3.05, 3.63) is 30.1 Å². The predicted octanol–water partition coefficient (Wildman–Crippen LogP) is 1.81. The van der Waals surface area contributed by atoms with Gasteiger partial charge in [0.2, 0.25) is 5.91 Å². The minimum Gasteiger partial charge on any atom is -0.486 e. The summed E-state index contributed by atoms with van der Waals surface area (Å²) in [5.41, 5.74) is 0. The molecular weight excluding hydrogens is 313 g/mol. The van der Waals surface area contributed by atoms with E-state index in [4.69, 9.17) is 4.74 Å². The van der Waals surface area contributed by atoms with Crippen molar-refractivity contribution in [1.82, 2.24) is 15.1 Å². The zero-order valence-corrected chi connectivity index (χ0v) is 13.7. The molecule has 2 aliphatic rings. The van der Waals surface area contributed by atoms with Gasteiger partial charge in [-0.25, -0.2) is 9.18 Å². The highest BCUT2D eigenvalue weighted by atomic mass is 19.1. The van der Waals surface area contributed by atoms with Crippen molar-refractivity contribution < 1.29 is 18.7 Å². The van der Waals surface area contributed by atoms with E-state index >= 15 is 0 Å². The standard InChI is InChI=1S/C17H22FN3O3/c1-12(24-15-5-3-2-4-14(15)18)8-19-17(23)21-10-16(22)20(11-21)9-13-6-7-13/h2-5,12-13H,6-11H2,1H3,(H,19,23)/t12-/m0/s1. The first-order chi connectivity index (χ1) is 11.5. The Balaban J connectivity index is 1.43. The Labute approximate surface area is 140 Å². The minimum atomic E-state index is -0.434. The number of halogens is 1. The summed E-state index contributed by atoms with van der Waals surface area (Å²) in [5, 5.41) is 2.73. The molecule has 0 radical (unpaired) electrons. The largest absolute Gasteiger partial charge is 0.486 e. The SMILES string of the molecule is C[C@@H](CNC(=O)N1CC(=O)N(CC2CC2)C1)Oc1ccccc1F. The van der Waals surface area contributed by atoms with E-state index in [9.17, 15) is 14.0 Å². The maximum Gasteiger partial charge on any atom is 0.319 e. The molecule has 3 amide bonds. The van der Waals surface area contributed by atoms with Crippen molar-refractivity contribution in [2.24, 2.45) is 5.92 Å². The molecule has 0 bridgehead atoms. The van der Waals surface area contributed by atoms with Gasteiger partial charge < -0.3 is 15.0 Å². The Hall–Kier alpha value is -2.31. The molecule has 1 aliphatic carbocycles. The molecule has 1 aromatic carbocycles. The predicted molar refractivity (Wildman–Crippen MR) is 85.9 cm³/mol. The Morgan fingerprint density at radius 2 is 2.17 bits per heavy atom. The van der Waals surface area contributed by atoms with Gasteiger partial charge in [-0.15, -0.1) is 0 Å². The number of nitrogens with zero attached hydrogens (tertiary/aromatic N) is 2. The van der Waals surface area contributed by atoms with Crippen LogP contribution in [-0.2, 0) is 4.79 Å². The van der Waals surface area contributed by atoms with Gasteiger partial charge in [0.15, 0.2) is 11.6 Å². The van der Waals surface area contributed by atoms with E-state index in [2.05, 4.69) is 5.32 Å². The van der Waals surface area contributed by atoms with Gasteiger partial charge >= 0.3 is 6.03 Å². The van der Waals surface area contributed by atoms with E-state index < -0.39 is 5.82 Å². The fourth-order valence-electron chi connectivity index (χ4n) is 2.65. The molecular formula is C17H22FN3O3. The fourth-order valence-corrected chi connectivity index (χ4v) is 2.65. The molecule has 1 saturated carbocycles. The Kier molecular flexibility index (Phi) is 4.87. The van der Waals surface area contributed by atoms with Crippen LogP contribution in [0.5, 0.6) is 5.75 Å². The van der Waals surface area contributed by atoms with Crippen molar-refractivity contribution in [2.75, 3.05) is 26.3 Å². The molecule has 3 rings (SSSR count). The minimum absolute atomic E-state index is 0.00675. The number of para-hydroxylation sites is 1. The van der Waals surface area contributed by atoms with Crippen LogP contribution in [-0.4, -0.2) is 54.1 Å². The second kappa shape index (κ2) is 7.07. The fraction of sp³-hybridized carbons (Fsp3) is 0.529. The van der Waals surface area contributed by atoms with E-state index in [-0.39, 0.29) is 36.9 Å².